The van der Waals surface area contributed by atoms with Crippen molar-refractivity contribution in [3.63, 3.8) is 0 Å². The molecule has 0 aliphatic carbocycles. The summed E-state index contributed by atoms with van der Waals surface area (Å²) in [4.78, 5) is 124. The lowest BCUT2D eigenvalue weighted by Gasteiger charge is -2.29. The Morgan fingerprint density at radius 1 is 0.381 bits per heavy atom. The van der Waals surface area contributed by atoms with Crippen molar-refractivity contribution in [3.8, 4) is 0 Å². The van der Waals surface area contributed by atoms with Crippen LogP contribution in [-0.2, 0) is 103 Å². The number of thiophene rings is 4. The van der Waals surface area contributed by atoms with Gasteiger partial charge in [0, 0.05) is 64.6 Å². The zero-order valence-electron chi connectivity index (χ0n) is 80.2. The molecule has 1 aliphatic rings. The van der Waals surface area contributed by atoms with Crippen LogP contribution in [0.3, 0.4) is 0 Å². The van der Waals surface area contributed by atoms with E-state index in [0.717, 1.165) is 72.7 Å². The molecule has 1 saturated heterocycles. The first-order valence-corrected chi connectivity index (χ1v) is 55.9. The Balaban J connectivity index is 0.000000202. The van der Waals surface area contributed by atoms with Gasteiger partial charge in [0.2, 0.25) is 27.2 Å². The maximum absolute atomic E-state index is 14.6. The second kappa shape index (κ2) is 52.7. The fourth-order valence-corrected chi connectivity index (χ4v) is 25.3. The number of carbonyl (C=O) groups excluding carboxylic acids is 8. The first-order valence-electron chi connectivity index (χ1n) is 44.4. The van der Waals surface area contributed by atoms with Gasteiger partial charge in [-0.25, -0.2) is 39.9 Å². The van der Waals surface area contributed by atoms with Crippen LogP contribution in [0.5, 0.6) is 0 Å². The summed E-state index contributed by atoms with van der Waals surface area (Å²) in [5.74, 6) is -12.4. The number of hydrogen-bond acceptors (Lipinski definition) is 27. The Hall–Kier alpha value is -9.88. The Labute approximate surface area is 876 Å². The number of Topliss-reactive ketones (excluding diaryl/α,β-unsaturated/α-hetero) is 4. The maximum Gasteiger partial charge on any atom is 0.510 e. The van der Waals surface area contributed by atoms with E-state index in [9.17, 15) is 102 Å². The highest BCUT2D eigenvalue weighted by Gasteiger charge is 2.48. The van der Waals surface area contributed by atoms with Crippen LogP contribution in [-0.4, -0.2) is 103 Å². The van der Waals surface area contributed by atoms with E-state index in [-0.39, 0.29) is 61.4 Å². The summed E-state index contributed by atoms with van der Waals surface area (Å²) in [7, 11) is -17.8. The van der Waals surface area contributed by atoms with Gasteiger partial charge in [-0.05, 0) is 291 Å². The SMILES string of the molecule is CC(C)(C)C(=O)OCOP(=O)(O)C(C(=O)C/C=C/c1ccc(F)c(F)c1)c1csc2ccc(Cl)cc12.CC(C)(C)C(=O)OCOP(=O)(OCOC(=O)C(C)(C)C)C(C(=O)C/C=C/c1ccc(F)c(F)c1)c1csc2ccc(Cl)cc12.CC(C)OC(=O)OCOP(=O)(O)C(C(=O)C/C=C/c1ccc(F)c(F)c1)c1csc2ccc(Cl)cc12.O=C(C/C=C/c1ccc(F)c(F)c1)C(c1csc2ccc(Cl)cc12)P1(=O)OCCCO1. The smallest absolute Gasteiger partial charge is 0.438 e. The van der Waals surface area contributed by atoms with Crippen LogP contribution in [0.1, 0.15) is 175 Å². The lowest BCUT2D eigenvalue weighted by molar-refractivity contribution is -0.162. The summed E-state index contributed by atoms with van der Waals surface area (Å²) in [6.45, 7) is 14.8. The van der Waals surface area contributed by atoms with Gasteiger partial charge in [-0.3, -0.25) is 69.9 Å². The molecular formula is C102H98Cl4F8O25P4S4. The van der Waals surface area contributed by atoms with E-state index >= 15 is 0 Å². The van der Waals surface area contributed by atoms with Crippen molar-refractivity contribution >= 4 is 234 Å². The van der Waals surface area contributed by atoms with E-state index in [4.69, 9.17) is 92.5 Å². The highest BCUT2D eigenvalue weighted by atomic mass is 35.5. The fraction of sp³-hybridized carbons (Fsp3) is 0.294. The van der Waals surface area contributed by atoms with E-state index in [2.05, 4.69) is 4.74 Å². The van der Waals surface area contributed by atoms with Gasteiger partial charge in [-0.2, -0.15) is 0 Å². The highest BCUT2D eigenvalue weighted by Crippen LogP contribution is 2.67. The minimum Gasteiger partial charge on any atom is -0.438 e. The molecule has 12 aromatic rings. The van der Waals surface area contributed by atoms with E-state index in [1.807, 2.05) is 6.07 Å². The number of esters is 3. The minimum absolute atomic E-state index is 0.0850. The fourth-order valence-electron chi connectivity index (χ4n) is 13.6. The summed E-state index contributed by atoms with van der Waals surface area (Å²) in [5, 5.41) is 10.4. The second-order valence-corrected chi connectivity index (χ2v) is 49.2. The number of fused-ring (bicyclic) bond motifs is 4. The molecule has 5 heterocycles. The first-order chi connectivity index (χ1) is 69.1. The summed E-state index contributed by atoms with van der Waals surface area (Å²) < 4.78 is 221. The molecule has 0 spiro atoms. The molecule has 4 aromatic heterocycles. The molecule has 147 heavy (non-hydrogen) atoms. The Bertz CT molecular complexity index is 7140. The Morgan fingerprint density at radius 3 is 0.952 bits per heavy atom. The minimum atomic E-state index is -4.75. The predicted molar refractivity (Wildman–Crippen MR) is 553 cm³/mol. The summed E-state index contributed by atoms with van der Waals surface area (Å²) in [6.07, 6.45) is 9.33. The molecule has 1 aliphatic heterocycles. The second-order valence-electron chi connectivity index (χ2n) is 35.7. The van der Waals surface area contributed by atoms with Crippen LogP contribution in [0.25, 0.3) is 64.6 Å². The summed E-state index contributed by atoms with van der Waals surface area (Å²) >= 11 is 29.8. The van der Waals surface area contributed by atoms with Gasteiger partial charge < -0.3 is 42.5 Å². The summed E-state index contributed by atoms with van der Waals surface area (Å²) in [5.41, 5.74) is -5.99. The van der Waals surface area contributed by atoms with E-state index in [0.29, 0.717) is 70.5 Å². The van der Waals surface area contributed by atoms with Gasteiger partial charge in [-0.15, -0.1) is 45.3 Å². The zero-order chi connectivity index (χ0) is 108. The molecule has 6 atom stereocenters. The van der Waals surface area contributed by atoms with Gasteiger partial charge in [0.1, 0.15) is 22.6 Å². The van der Waals surface area contributed by atoms with Gasteiger partial charge in [0.25, 0.3) is 0 Å². The van der Waals surface area contributed by atoms with Crippen molar-refractivity contribution in [1.82, 2.24) is 0 Å². The van der Waals surface area contributed by atoms with Crippen LogP contribution in [0.4, 0.5) is 39.9 Å². The number of benzene rings is 8. The van der Waals surface area contributed by atoms with E-state index < -0.39 is 190 Å². The third-order valence-corrected chi connectivity index (χ3v) is 33.6. The molecule has 8 aromatic carbocycles. The maximum atomic E-state index is 14.6. The molecule has 25 nitrogen and oxygen atoms in total. The van der Waals surface area contributed by atoms with Crippen molar-refractivity contribution in [2.45, 2.75) is 137 Å². The zero-order valence-corrected chi connectivity index (χ0v) is 90.1. The predicted octanol–water partition coefficient (Wildman–Crippen LogP) is 30.6. The van der Waals surface area contributed by atoms with Crippen molar-refractivity contribution in [2.24, 2.45) is 16.2 Å². The van der Waals surface area contributed by atoms with Gasteiger partial charge in [0.05, 0.1) is 35.6 Å². The Morgan fingerprint density at radius 2 is 0.653 bits per heavy atom. The monoisotopic (exact) mass is 2270 g/mol. The molecule has 13 rings (SSSR count). The molecule has 1 fully saturated rings. The van der Waals surface area contributed by atoms with Crippen LogP contribution in [0.15, 0.2) is 191 Å². The van der Waals surface area contributed by atoms with Crippen molar-refractivity contribution in [3.05, 3.63) is 303 Å². The number of halogens is 12. The number of hydrogen-bond donors (Lipinski definition) is 2. The van der Waals surface area contributed by atoms with Crippen molar-refractivity contribution in [1.29, 1.82) is 0 Å². The molecule has 0 saturated carbocycles. The highest BCUT2D eigenvalue weighted by molar-refractivity contribution is 7.56. The number of rotatable bonds is 37. The van der Waals surface area contributed by atoms with E-state index in [1.54, 1.807) is 164 Å². The van der Waals surface area contributed by atoms with Gasteiger partial charge in [0.15, 0.2) is 69.7 Å². The third-order valence-electron chi connectivity index (χ3n) is 20.9. The van der Waals surface area contributed by atoms with Gasteiger partial charge in [-0.1, -0.05) is 119 Å². The quantitative estimate of drug-likeness (QED) is 0.0120. The number of carbonyl (C=O) groups is 8. The largest absolute Gasteiger partial charge is 0.510 e. The van der Waals surface area contributed by atoms with Crippen LogP contribution in [0.2, 0.25) is 20.1 Å². The molecule has 2 N–H and O–H groups in total. The summed E-state index contributed by atoms with van der Waals surface area (Å²) in [6, 6.07) is 33.4. The molecule has 0 amide bonds. The number of ketones is 4. The number of allylic oxidation sites excluding steroid dienone is 4. The lowest BCUT2D eigenvalue weighted by atomic mass is 9.98. The van der Waals surface area contributed by atoms with Crippen LogP contribution < -0.4 is 0 Å². The van der Waals surface area contributed by atoms with Crippen LogP contribution in [0, 0.1) is 62.8 Å². The van der Waals surface area contributed by atoms with Crippen LogP contribution >= 0.6 is 122 Å². The molecule has 45 heteroatoms. The average Bonchev–Trinajstić information content (AvgIpc) is 1.25. The first kappa shape index (κ1) is 119. The molecule has 784 valence electrons. The van der Waals surface area contributed by atoms with Crippen molar-refractivity contribution in [2.75, 3.05) is 40.4 Å². The molecular weight excluding hydrogens is 2170 g/mol. The Kier molecular flexibility index (Phi) is 42.7. The number of ether oxygens (including phenoxy) is 5. The lowest BCUT2D eigenvalue weighted by Crippen LogP contribution is -2.26. The topological polar surface area (TPSA) is 347 Å². The molecule has 0 radical (unpaired) electrons. The average molecular weight is 2270 g/mol. The van der Waals surface area contributed by atoms with Crippen molar-refractivity contribution < 1.29 is 152 Å². The van der Waals surface area contributed by atoms with E-state index in [1.165, 1.54) is 118 Å². The third kappa shape index (κ3) is 33.6. The standard InChI is InChI=1S/C31H34ClF2O8PS.C25H24ClF2O6PS.C24H22ClF2O7PS.C22H18ClF2O4PS/c1-30(2,3)28(36)39-17-41-43(38,42-18-40-29(37)31(4,5)6)27(22-16-44-26-13-11-20(32)15-21(22)26)25(35)9-7-8-19-10-12-23(33)24(34)14-19;1-25(2,3)24(30)33-14-34-35(31,32)23(18-13-36-22-10-8-16(26)12-17(18)22)21(29)6-4-5-15-7-9-19(27)20(28)11-15;1-14(2)34-24(29)32-13-33-35(30,31)23(18-12-36-22-9-7-16(25)11-17(18)22)21(28)5-3-4-15-6-8-19(26)20(27)10-15;23-15-6-8-21-16(12-15)17(13-31-21)22(30(27)28-9-2-10-29-30)20(26)4-1-3-14-5-7-18(24)19(25)11-14/h7-8,10-16,27H,9,17-18H2,1-6H3;4-5,7-13,23H,6,14H2,1-3H3,(H,31,32);3-4,6-12,14,23H,5,13H2,1-2H3,(H,30,31);1,3,5-8,11-13,22H,2,4,9-10H2/b8-7+;5-4+;4-3+;3-1+. The molecule has 6 unspecified atom stereocenters. The van der Waals surface area contributed by atoms with Gasteiger partial charge >= 0.3 is 54.4 Å². The molecule has 0 bridgehead atoms. The normalized spacial score (nSPS) is 14.7.